The molecule has 72 valence electrons. The van der Waals surface area contributed by atoms with Crippen molar-refractivity contribution >= 4 is 0 Å². The topological polar surface area (TPSA) is 44.5 Å². The van der Waals surface area contributed by atoms with E-state index in [1.54, 1.807) is 7.11 Å². The van der Waals surface area contributed by atoms with Gasteiger partial charge in [-0.25, -0.2) is 5.90 Å². The van der Waals surface area contributed by atoms with E-state index in [-0.39, 0.29) is 0 Å². The average molecular weight is 181 g/mol. The van der Waals surface area contributed by atoms with Crippen molar-refractivity contribution in [3.63, 3.8) is 0 Å². The van der Waals surface area contributed by atoms with Crippen molar-refractivity contribution in [1.82, 2.24) is 0 Å². The zero-order chi connectivity index (χ0) is 9.68. The van der Waals surface area contributed by atoms with Crippen LogP contribution in [0.1, 0.15) is 11.1 Å². The molecule has 0 amide bonds. The zero-order valence-electron chi connectivity index (χ0n) is 8.04. The third-order valence-corrected chi connectivity index (χ3v) is 1.93. The maximum atomic E-state index is 5.20. The van der Waals surface area contributed by atoms with Crippen molar-refractivity contribution in [3.8, 4) is 5.75 Å². The molecule has 0 fully saturated rings. The summed E-state index contributed by atoms with van der Waals surface area (Å²) in [4.78, 5) is 4.53. The summed E-state index contributed by atoms with van der Waals surface area (Å²) in [6, 6.07) is 6.06. The molecule has 1 aromatic carbocycles. The van der Waals surface area contributed by atoms with Gasteiger partial charge in [-0.15, -0.1) is 0 Å². The summed E-state index contributed by atoms with van der Waals surface area (Å²) in [5.74, 6) is 5.86. The van der Waals surface area contributed by atoms with Gasteiger partial charge in [0.25, 0.3) is 0 Å². The summed E-state index contributed by atoms with van der Waals surface area (Å²) < 4.78 is 5.20. The van der Waals surface area contributed by atoms with E-state index in [1.165, 1.54) is 5.56 Å². The highest BCUT2D eigenvalue weighted by atomic mass is 16.6. The van der Waals surface area contributed by atoms with Gasteiger partial charge >= 0.3 is 0 Å². The van der Waals surface area contributed by atoms with Crippen molar-refractivity contribution in [2.75, 3.05) is 13.7 Å². The molecule has 3 nitrogen and oxygen atoms in total. The van der Waals surface area contributed by atoms with Gasteiger partial charge in [-0.05, 0) is 18.6 Å². The first-order valence-electron chi connectivity index (χ1n) is 4.23. The lowest BCUT2D eigenvalue weighted by Gasteiger charge is -2.08. The van der Waals surface area contributed by atoms with Crippen molar-refractivity contribution in [1.29, 1.82) is 0 Å². The SMILES string of the molecule is COc1ccc(C)cc1CCON. The number of benzene rings is 1. The fourth-order valence-corrected chi connectivity index (χ4v) is 1.27. The molecule has 0 aliphatic heterocycles. The molecule has 0 saturated heterocycles. The van der Waals surface area contributed by atoms with E-state index in [0.29, 0.717) is 6.61 Å². The summed E-state index contributed by atoms with van der Waals surface area (Å²) in [7, 11) is 1.66. The van der Waals surface area contributed by atoms with E-state index >= 15 is 0 Å². The van der Waals surface area contributed by atoms with Gasteiger partial charge < -0.3 is 9.57 Å². The summed E-state index contributed by atoms with van der Waals surface area (Å²) in [6.45, 7) is 2.56. The fraction of sp³-hybridized carbons (Fsp3) is 0.400. The first kappa shape index (κ1) is 10.0. The summed E-state index contributed by atoms with van der Waals surface area (Å²) in [5.41, 5.74) is 2.35. The van der Waals surface area contributed by atoms with Crippen LogP contribution in [0.15, 0.2) is 18.2 Å². The van der Waals surface area contributed by atoms with Gasteiger partial charge in [-0.1, -0.05) is 17.7 Å². The maximum absolute atomic E-state index is 5.20. The van der Waals surface area contributed by atoms with Crippen molar-refractivity contribution < 1.29 is 9.57 Å². The van der Waals surface area contributed by atoms with Crippen LogP contribution in [0.5, 0.6) is 5.75 Å². The highest BCUT2D eigenvalue weighted by molar-refractivity contribution is 5.36. The van der Waals surface area contributed by atoms with Crippen LogP contribution in [0.3, 0.4) is 0 Å². The third kappa shape index (κ3) is 2.72. The van der Waals surface area contributed by atoms with Gasteiger partial charge in [0.05, 0.1) is 13.7 Å². The molecule has 0 saturated carbocycles. The average Bonchev–Trinajstić information content (AvgIpc) is 2.15. The number of rotatable bonds is 4. The molecular formula is C10H15NO2. The number of nitrogens with two attached hydrogens (primary N) is 1. The molecule has 0 aliphatic carbocycles. The predicted octanol–water partition coefficient (Wildman–Crippen LogP) is 1.44. The minimum absolute atomic E-state index is 0.514. The van der Waals surface area contributed by atoms with Crippen molar-refractivity contribution in [2.24, 2.45) is 5.90 Å². The second-order valence-corrected chi connectivity index (χ2v) is 2.94. The number of ether oxygens (including phenoxy) is 1. The third-order valence-electron chi connectivity index (χ3n) is 1.93. The largest absolute Gasteiger partial charge is 0.496 e. The quantitative estimate of drug-likeness (QED) is 0.715. The van der Waals surface area contributed by atoms with E-state index in [0.717, 1.165) is 17.7 Å². The molecule has 0 spiro atoms. The summed E-state index contributed by atoms with van der Waals surface area (Å²) >= 11 is 0. The van der Waals surface area contributed by atoms with Crippen LogP contribution < -0.4 is 10.6 Å². The molecule has 0 atom stereocenters. The Bertz CT molecular complexity index is 274. The first-order valence-corrected chi connectivity index (χ1v) is 4.23. The lowest BCUT2D eigenvalue weighted by molar-refractivity contribution is 0.140. The predicted molar refractivity (Wildman–Crippen MR) is 51.6 cm³/mol. The van der Waals surface area contributed by atoms with Crippen LogP contribution in [-0.4, -0.2) is 13.7 Å². The Labute approximate surface area is 78.4 Å². The normalized spacial score (nSPS) is 10.1. The van der Waals surface area contributed by atoms with Gasteiger partial charge in [0.15, 0.2) is 0 Å². The van der Waals surface area contributed by atoms with E-state index in [2.05, 4.69) is 10.9 Å². The van der Waals surface area contributed by atoms with Crippen LogP contribution in [0.2, 0.25) is 0 Å². The highest BCUT2D eigenvalue weighted by Gasteiger charge is 2.02. The maximum Gasteiger partial charge on any atom is 0.122 e. The molecular weight excluding hydrogens is 166 g/mol. The van der Waals surface area contributed by atoms with Gasteiger partial charge in [-0.2, -0.15) is 0 Å². The van der Waals surface area contributed by atoms with Crippen LogP contribution in [-0.2, 0) is 11.3 Å². The Morgan fingerprint density at radius 2 is 2.15 bits per heavy atom. The highest BCUT2D eigenvalue weighted by Crippen LogP contribution is 2.19. The van der Waals surface area contributed by atoms with Gasteiger partial charge in [0.1, 0.15) is 5.75 Å². The Hall–Kier alpha value is -1.06. The molecule has 13 heavy (non-hydrogen) atoms. The molecule has 0 bridgehead atoms. The van der Waals surface area contributed by atoms with E-state index < -0.39 is 0 Å². The molecule has 1 aromatic rings. The lowest BCUT2D eigenvalue weighted by atomic mass is 10.1. The Morgan fingerprint density at radius 1 is 1.38 bits per heavy atom. The van der Waals surface area contributed by atoms with Crippen molar-refractivity contribution in [3.05, 3.63) is 29.3 Å². The van der Waals surface area contributed by atoms with Crippen LogP contribution >= 0.6 is 0 Å². The summed E-state index contributed by atoms with van der Waals surface area (Å²) in [6.07, 6.45) is 0.779. The van der Waals surface area contributed by atoms with Crippen molar-refractivity contribution in [2.45, 2.75) is 13.3 Å². The second kappa shape index (κ2) is 4.84. The monoisotopic (exact) mass is 181 g/mol. The molecule has 0 aromatic heterocycles. The minimum atomic E-state index is 0.514. The number of hydrogen-bond donors (Lipinski definition) is 1. The lowest BCUT2D eigenvalue weighted by Crippen LogP contribution is -2.04. The van der Waals surface area contributed by atoms with E-state index in [4.69, 9.17) is 10.6 Å². The van der Waals surface area contributed by atoms with Gasteiger partial charge in [-0.3, -0.25) is 0 Å². The first-order chi connectivity index (χ1) is 6.27. The molecule has 0 radical (unpaired) electrons. The van der Waals surface area contributed by atoms with Gasteiger partial charge in [0.2, 0.25) is 0 Å². The molecule has 2 N–H and O–H groups in total. The summed E-state index contributed by atoms with van der Waals surface area (Å²) in [5, 5.41) is 0. The van der Waals surface area contributed by atoms with Gasteiger partial charge in [0, 0.05) is 6.42 Å². The molecule has 0 unspecified atom stereocenters. The fourth-order valence-electron chi connectivity index (χ4n) is 1.27. The van der Waals surface area contributed by atoms with Crippen LogP contribution in [0, 0.1) is 6.92 Å². The standard InChI is InChI=1S/C10H15NO2/c1-8-3-4-10(12-2)9(7-8)5-6-13-11/h3-4,7H,5-6,11H2,1-2H3. The second-order valence-electron chi connectivity index (χ2n) is 2.94. The smallest absolute Gasteiger partial charge is 0.122 e. The van der Waals surface area contributed by atoms with E-state index in [1.807, 2.05) is 19.1 Å². The Morgan fingerprint density at radius 3 is 2.77 bits per heavy atom. The molecule has 1 rings (SSSR count). The van der Waals surface area contributed by atoms with Crippen LogP contribution in [0.25, 0.3) is 0 Å². The zero-order valence-corrected chi connectivity index (χ0v) is 8.04. The molecule has 3 heteroatoms. The number of hydrogen-bond acceptors (Lipinski definition) is 3. The Balaban J connectivity index is 2.81. The number of methoxy groups -OCH3 is 1. The number of aryl methyl sites for hydroxylation is 1. The molecule has 0 aliphatic rings. The van der Waals surface area contributed by atoms with Crippen LogP contribution in [0.4, 0.5) is 0 Å². The minimum Gasteiger partial charge on any atom is -0.496 e. The Kier molecular flexibility index (Phi) is 3.73. The molecule has 0 heterocycles. The van der Waals surface area contributed by atoms with E-state index in [9.17, 15) is 0 Å².